The Morgan fingerprint density at radius 2 is 1.92 bits per heavy atom. The summed E-state index contributed by atoms with van der Waals surface area (Å²) in [6.45, 7) is 0. The van der Waals surface area contributed by atoms with E-state index in [9.17, 15) is 4.79 Å². The molecule has 0 aliphatic carbocycles. The molecule has 0 N–H and O–H groups in total. The SMILES string of the molecule is Cl.O=c1oc2ccccc2cc1Br. The van der Waals surface area contributed by atoms with Crippen LogP contribution in [0.15, 0.2) is 44.0 Å². The van der Waals surface area contributed by atoms with Crippen molar-refractivity contribution in [3.05, 3.63) is 45.2 Å². The summed E-state index contributed by atoms with van der Waals surface area (Å²) in [6, 6.07) is 9.14. The topological polar surface area (TPSA) is 30.2 Å². The van der Waals surface area contributed by atoms with Crippen molar-refractivity contribution in [3.8, 4) is 0 Å². The Kier molecular flexibility index (Phi) is 3.12. The normalized spacial score (nSPS) is 9.62. The highest BCUT2D eigenvalue weighted by atomic mass is 79.9. The molecule has 2 rings (SSSR count). The maximum Gasteiger partial charge on any atom is 0.350 e. The number of fused-ring (bicyclic) bond motifs is 1. The first-order chi connectivity index (χ1) is 5.77. The number of rotatable bonds is 0. The van der Waals surface area contributed by atoms with Crippen molar-refractivity contribution in [1.82, 2.24) is 0 Å². The van der Waals surface area contributed by atoms with Crippen molar-refractivity contribution < 1.29 is 4.42 Å². The van der Waals surface area contributed by atoms with E-state index in [1.165, 1.54) is 0 Å². The zero-order chi connectivity index (χ0) is 8.55. The molecule has 0 fully saturated rings. The number of benzene rings is 1. The van der Waals surface area contributed by atoms with E-state index in [0.717, 1.165) is 5.39 Å². The molecule has 1 aromatic carbocycles. The van der Waals surface area contributed by atoms with Crippen LogP contribution < -0.4 is 5.63 Å². The van der Waals surface area contributed by atoms with E-state index in [1.807, 2.05) is 18.2 Å². The van der Waals surface area contributed by atoms with Gasteiger partial charge in [-0.3, -0.25) is 0 Å². The van der Waals surface area contributed by atoms with Crippen LogP contribution in [0.4, 0.5) is 0 Å². The molecule has 68 valence electrons. The van der Waals surface area contributed by atoms with Crippen LogP contribution in [-0.2, 0) is 0 Å². The highest BCUT2D eigenvalue weighted by molar-refractivity contribution is 9.10. The molecule has 0 unspecified atom stereocenters. The van der Waals surface area contributed by atoms with E-state index in [-0.39, 0.29) is 18.0 Å². The lowest BCUT2D eigenvalue weighted by atomic mass is 10.2. The molecule has 0 aliphatic heterocycles. The molecule has 2 aromatic rings. The molecule has 1 heterocycles. The number of halogens is 2. The minimum absolute atomic E-state index is 0. The summed E-state index contributed by atoms with van der Waals surface area (Å²) in [5.41, 5.74) is 0.277. The van der Waals surface area contributed by atoms with Crippen LogP contribution in [0.3, 0.4) is 0 Å². The van der Waals surface area contributed by atoms with Crippen LogP contribution in [0, 0.1) is 0 Å². The average molecular weight is 262 g/mol. The second kappa shape index (κ2) is 3.94. The van der Waals surface area contributed by atoms with E-state index >= 15 is 0 Å². The van der Waals surface area contributed by atoms with Crippen molar-refractivity contribution in [2.24, 2.45) is 0 Å². The Morgan fingerprint density at radius 1 is 1.23 bits per heavy atom. The summed E-state index contributed by atoms with van der Waals surface area (Å²) in [5.74, 6) is 0. The molecular formula is C9H6BrClO2. The van der Waals surface area contributed by atoms with Crippen LogP contribution in [-0.4, -0.2) is 0 Å². The zero-order valence-electron chi connectivity index (χ0n) is 6.49. The Morgan fingerprint density at radius 3 is 2.69 bits per heavy atom. The molecule has 0 aliphatic rings. The van der Waals surface area contributed by atoms with Gasteiger partial charge in [0, 0.05) is 5.39 Å². The van der Waals surface area contributed by atoms with Gasteiger partial charge < -0.3 is 4.42 Å². The fourth-order valence-corrected chi connectivity index (χ4v) is 1.36. The van der Waals surface area contributed by atoms with E-state index in [4.69, 9.17) is 4.42 Å². The van der Waals surface area contributed by atoms with Gasteiger partial charge in [0.15, 0.2) is 0 Å². The molecule has 0 radical (unpaired) electrons. The number of para-hydroxylation sites is 1. The molecule has 0 atom stereocenters. The lowest BCUT2D eigenvalue weighted by Gasteiger charge is -1.94. The fraction of sp³-hybridized carbons (Fsp3) is 0. The molecule has 0 amide bonds. The second-order valence-corrected chi connectivity index (χ2v) is 3.27. The van der Waals surface area contributed by atoms with Gasteiger partial charge in [-0.2, -0.15) is 0 Å². The van der Waals surface area contributed by atoms with Gasteiger partial charge in [-0.15, -0.1) is 12.4 Å². The van der Waals surface area contributed by atoms with E-state index in [0.29, 0.717) is 10.1 Å². The predicted molar refractivity (Wildman–Crippen MR) is 57.4 cm³/mol. The molecule has 0 spiro atoms. The highest BCUT2D eigenvalue weighted by Gasteiger charge is 1.99. The molecule has 2 nitrogen and oxygen atoms in total. The Labute approximate surface area is 89.1 Å². The predicted octanol–water partition coefficient (Wildman–Crippen LogP) is 2.98. The quantitative estimate of drug-likeness (QED) is 0.683. The smallest absolute Gasteiger partial charge is 0.350 e. The van der Waals surface area contributed by atoms with Gasteiger partial charge in [-0.05, 0) is 28.1 Å². The van der Waals surface area contributed by atoms with Crippen molar-refractivity contribution in [3.63, 3.8) is 0 Å². The van der Waals surface area contributed by atoms with Crippen LogP contribution in [0.1, 0.15) is 0 Å². The number of hydrogen-bond donors (Lipinski definition) is 0. The Bertz CT molecular complexity index is 478. The molecule has 1 aromatic heterocycles. The summed E-state index contributed by atoms with van der Waals surface area (Å²) >= 11 is 3.11. The second-order valence-electron chi connectivity index (χ2n) is 2.42. The van der Waals surface area contributed by atoms with Crippen molar-refractivity contribution >= 4 is 39.3 Å². The van der Waals surface area contributed by atoms with Gasteiger partial charge in [0.05, 0.1) is 0 Å². The highest BCUT2D eigenvalue weighted by Crippen LogP contribution is 2.14. The first kappa shape index (κ1) is 10.3. The lowest BCUT2D eigenvalue weighted by Crippen LogP contribution is -1.97. The van der Waals surface area contributed by atoms with Crippen LogP contribution in [0.5, 0.6) is 0 Å². The monoisotopic (exact) mass is 260 g/mol. The third kappa shape index (κ3) is 1.92. The summed E-state index contributed by atoms with van der Waals surface area (Å²) in [4.78, 5) is 11.0. The summed E-state index contributed by atoms with van der Waals surface area (Å²) in [6.07, 6.45) is 0. The first-order valence-electron chi connectivity index (χ1n) is 3.46. The van der Waals surface area contributed by atoms with Gasteiger partial charge in [0.25, 0.3) is 0 Å². The maximum atomic E-state index is 11.0. The van der Waals surface area contributed by atoms with Gasteiger partial charge in [-0.25, -0.2) is 4.79 Å². The fourth-order valence-electron chi connectivity index (χ4n) is 1.04. The van der Waals surface area contributed by atoms with E-state index < -0.39 is 0 Å². The molecule has 0 saturated carbocycles. The zero-order valence-corrected chi connectivity index (χ0v) is 8.89. The van der Waals surface area contributed by atoms with Crippen LogP contribution in [0.25, 0.3) is 11.0 Å². The van der Waals surface area contributed by atoms with Gasteiger partial charge in [-0.1, -0.05) is 18.2 Å². The minimum atomic E-state index is -0.339. The molecule has 4 heteroatoms. The van der Waals surface area contributed by atoms with Crippen LogP contribution in [0.2, 0.25) is 0 Å². The summed E-state index contributed by atoms with van der Waals surface area (Å²) in [7, 11) is 0. The molecule has 0 bridgehead atoms. The van der Waals surface area contributed by atoms with E-state index in [2.05, 4.69) is 15.9 Å². The standard InChI is InChI=1S/C9H5BrO2.ClH/c10-7-5-6-3-1-2-4-8(6)12-9(7)11;/h1-5H;1H. The van der Waals surface area contributed by atoms with Crippen molar-refractivity contribution in [1.29, 1.82) is 0 Å². The third-order valence-electron chi connectivity index (χ3n) is 1.60. The minimum Gasteiger partial charge on any atom is -0.422 e. The third-order valence-corrected chi connectivity index (χ3v) is 2.15. The molecule has 13 heavy (non-hydrogen) atoms. The van der Waals surface area contributed by atoms with Crippen LogP contribution >= 0.6 is 28.3 Å². The van der Waals surface area contributed by atoms with Gasteiger partial charge >= 0.3 is 5.63 Å². The lowest BCUT2D eigenvalue weighted by molar-refractivity contribution is 0.556. The summed E-state index contributed by atoms with van der Waals surface area (Å²) < 4.78 is 5.45. The summed E-state index contributed by atoms with van der Waals surface area (Å²) in [5, 5.41) is 0.920. The molecule has 0 saturated heterocycles. The first-order valence-corrected chi connectivity index (χ1v) is 4.25. The van der Waals surface area contributed by atoms with Gasteiger partial charge in [0.2, 0.25) is 0 Å². The number of hydrogen-bond acceptors (Lipinski definition) is 2. The average Bonchev–Trinajstić information content (AvgIpc) is 2.07. The Hall–Kier alpha value is -0.800. The molecular weight excluding hydrogens is 255 g/mol. The van der Waals surface area contributed by atoms with Gasteiger partial charge in [0.1, 0.15) is 10.1 Å². The maximum absolute atomic E-state index is 11.0. The van der Waals surface area contributed by atoms with Crippen molar-refractivity contribution in [2.75, 3.05) is 0 Å². The van der Waals surface area contributed by atoms with Crippen molar-refractivity contribution in [2.45, 2.75) is 0 Å². The Balaban J connectivity index is 0.000000845. The largest absolute Gasteiger partial charge is 0.422 e. The van der Waals surface area contributed by atoms with E-state index in [1.54, 1.807) is 12.1 Å².